The minimum Gasteiger partial charge on any atom is -0.352 e. The van der Waals surface area contributed by atoms with Crippen molar-refractivity contribution in [2.24, 2.45) is 11.7 Å². The average molecular weight is 372 g/mol. The second-order valence-corrected chi connectivity index (χ2v) is 6.35. The Labute approximate surface area is 154 Å². The summed E-state index contributed by atoms with van der Waals surface area (Å²) in [5.41, 5.74) is 6.76. The molecule has 5 nitrogen and oxygen atoms in total. The summed E-state index contributed by atoms with van der Waals surface area (Å²) in [7, 11) is 0. The summed E-state index contributed by atoms with van der Waals surface area (Å²) < 4.78 is 13.5. The fourth-order valence-electron chi connectivity index (χ4n) is 2.88. The highest BCUT2D eigenvalue weighted by Gasteiger charge is 2.26. The van der Waals surface area contributed by atoms with Gasteiger partial charge in [-0.15, -0.1) is 12.4 Å². The molecular formula is C18H27ClFN3O2. The second kappa shape index (κ2) is 10.4. The van der Waals surface area contributed by atoms with Crippen LogP contribution >= 0.6 is 12.4 Å². The minimum atomic E-state index is -0.258. The van der Waals surface area contributed by atoms with Crippen molar-refractivity contribution in [1.82, 2.24) is 10.2 Å². The van der Waals surface area contributed by atoms with Gasteiger partial charge in [0.05, 0.1) is 0 Å². The molecule has 1 aromatic carbocycles. The van der Waals surface area contributed by atoms with Crippen LogP contribution in [0.1, 0.15) is 36.8 Å². The Balaban J connectivity index is 0.00000312. The van der Waals surface area contributed by atoms with Gasteiger partial charge in [-0.1, -0.05) is 12.1 Å². The number of hydrogen-bond acceptors (Lipinski definition) is 3. The third-order valence-corrected chi connectivity index (χ3v) is 4.52. The van der Waals surface area contributed by atoms with Crippen LogP contribution < -0.4 is 11.1 Å². The molecule has 0 atom stereocenters. The van der Waals surface area contributed by atoms with Crippen LogP contribution in [0.25, 0.3) is 0 Å². The van der Waals surface area contributed by atoms with Gasteiger partial charge in [0, 0.05) is 32.0 Å². The number of amides is 2. The quantitative estimate of drug-likeness (QED) is 0.804. The van der Waals surface area contributed by atoms with Gasteiger partial charge in [0.25, 0.3) is 0 Å². The van der Waals surface area contributed by atoms with E-state index >= 15 is 0 Å². The van der Waals surface area contributed by atoms with E-state index < -0.39 is 0 Å². The standard InChI is InChI=1S/C18H26FN3O2.ClH/c1-13-4-5-14(11-16(13)19)12-21-18(24)15-6-9-22(10-7-15)17(23)3-2-8-20;/h4-5,11,15H,2-3,6-10,12,20H2,1H3,(H,21,24);1H. The summed E-state index contributed by atoms with van der Waals surface area (Å²) in [6, 6.07) is 4.98. The predicted molar refractivity (Wildman–Crippen MR) is 97.8 cm³/mol. The van der Waals surface area contributed by atoms with E-state index in [1.807, 2.05) is 11.0 Å². The Morgan fingerprint density at radius 3 is 2.60 bits per heavy atom. The van der Waals surface area contributed by atoms with Crippen molar-refractivity contribution in [2.75, 3.05) is 19.6 Å². The number of benzene rings is 1. The van der Waals surface area contributed by atoms with E-state index in [1.54, 1.807) is 13.0 Å². The number of piperidine rings is 1. The molecule has 1 heterocycles. The zero-order valence-corrected chi connectivity index (χ0v) is 15.4. The van der Waals surface area contributed by atoms with Gasteiger partial charge in [0.15, 0.2) is 0 Å². The third kappa shape index (κ3) is 6.29. The molecule has 1 aliphatic rings. The van der Waals surface area contributed by atoms with Crippen LogP contribution in [0.4, 0.5) is 4.39 Å². The molecule has 2 amide bonds. The largest absolute Gasteiger partial charge is 0.352 e. The topological polar surface area (TPSA) is 75.4 Å². The maximum atomic E-state index is 13.5. The van der Waals surface area contributed by atoms with Crippen LogP contribution in [-0.2, 0) is 16.1 Å². The summed E-state index contributed by atoms with van der Waals surface area (Å²) in [5, 5.41) is 2.87. The zero-order valence-electron chi connectivity index (χ0n) is 14.6. The highest BCUT2D eigenvalue weighted by atomic mass is 35.5. The fraction of sp³-hybridized carbons (Fsp3) is 0.556. The van der Waals surface area contributed by atoms with Crippen LogP contribution in [0.3, 0.4) is 0 Å². The monoisotopic (exact) mass is 371 g/mol. The van der Waals surface area contributed by atoms with Gasteiger partial charge in [-0.3, -0.25) is 9.59 Å². The van der Waals surface area contributed by atoms with E-state index in [-0.39, 0.29) is 36.0 Å². The van der Waals surface area contributed by atoms with Crippen LogP contribution in [-0.4, -0.2) is 36.3 Å². The van der Waals surface area contributed by atoms with Gasteiger partial charge in [0.1, 0.15) is 5.82 Å². The van der Waals surface area contributed by atoms with Crippen molar-refractivity contribution in [2.45, 2.75) is 39.2 Å². The van der Waals surface area contributed by atoms with Crippen molar-refractivity contribution < 1.29 is 14.0 Å². The maximum absolute atomic E-state index is 13.5. The fourth-order valence-corrected chi connectivity index (χ4v) is 2.88. The van der Waals surface area contributed by atoms with Gasteiger partial charge in [0.2, 0.25) is 11.8 Å². The number of carbonyl (C=O) groups is 2. The Bertz CT molecular complexity index is 590. The Morgan fingerprint density at radius 1 is 1.32 bits per heavy atom. The summed E-state index contributed by atoms with van der Waals surface area (Å²) in [6.07, 6.45) is 2.52. The normalized spacial score (nSPS) is 14.8. The first-order valence-corrected chi connectivity index (χ1v) is 8.52. The van der Waals surface area contributed by atoms with E-state index in [4.69, 9.17) is 5.73 Å². The van der Waals surface area contributed by atoms with E-state index in [0.717, 1.165) is 5.56 Å². The number of nitrogens with one attached hydrogen (secondary N) is 1. The lowest BCUT2D eigenvalue weighted by molar-refractivity contribution is -0.135. The Kier molecular flexibility index (Phi) is 8.86. The Morgan fingerprint density at radius 2 is 2.00 bits per heavy atom. The molecular weight excluding hydrogens is 345 g/mol. The molecule has 1 fully saturated rings. The van der Waals surface area contributed by atoms with Crippen molar-refractivity contribution >= 4 is 24.2 Å². The Hall–Kier alpha value is -1.66. The molecule has 0 spiro atoms. The van der Waals surface area contributed by atoms with E-state index in [2.05, 4.69) is 5.32 Å². The molecule has 0 unspecified atom stereocenters. The zero-order chi connectivity index (χ0) is 17.5. The summed E-state index contributed by atoms with van der Waals surface area (Å²) >= 11 is 0. The van der Waals surface area contributed by atoms with Crippen molar-refractivity contribution in [3.05, 3.63) is 35.1 Å². The first kappa shape index (κ1) is 21.4. The molecule has 2 rings (SSSR count). The summed E-state index contributed by atoms with van der Waals surface area (Å²) in [5.74, 6) is -0.246. The van der Waals surface area contributed by atoms with Crippen LogP contribution in [0, 0.1) is 18.7 Å². The third-order valence-electron chi connectivity index (χ3n) is 4.52. The first-order valence-electron chi connectivity index (χ1n) is 8.52. The van der Waals surface area contributed by atoms with Gasteiger partial charge in [-0.05, 0) is 49.9 Å². The van der Waals surface area contributed by atoms with Gasteiger partial charge < -0.3 is 16.0 Å². The number of halogens is 2. The molecule has 0 saturated carbocycles. The SMILES string of the molecule is Cc1ccc(CNC(=O)C2CCN(C(=O)CCCN)CC2)cc1F.Cl. The first-order chi connectivity index (χ1) is 11.5. The van der Waals surface area contributed by atoms with Crippen LogP contribution in [0.15, 0.2) is 18.2 Å². The molecule has 1 saturated heterocycles. The van der Waals surface area contributed by atoms with Crippen molar-refractivity contribution in [1.29, 1.82) is 0 Å². The van der Waals surface area contributed by atoms with E-state index in [9.17, 15) is 14.0 Å². The van der Waals surface area contributed by atoms with Gasteiger partial charge in [-0.2, -0.15) is 0 Å². The minimum absolute atomic E-state index is 0. The number of nitrogens with two attached hydrogens (primary N) is 1. The van der Waals surface area contributed by atoms with E-state index in [0.29, 0.717) is 57.4 Å². The lowest BCUT2D eigenvalue weighted by Gasteiger charge is -2.31. The lowest BCUT2D eigenvalue weighted by Crippen LogP contribution is -2.43. The molecule has 1 aliphatic heterocycles. The number of carbonyl (C=O) groups excluding carboxylic acids is 2. The molecule has 7 heteroatoms. The number of hydrogen-bond donors (Lipinski definition) is 2. The lowest BCUT2D eigenvalue weighted by atomic mass is 9.95. The molecule has 140 valence electrons. The van der Waals surface area contributed by atoms with Crippen LogP contribution in [0.2, 0.25) is 0 Å². The van der Waals surface area contributed by atoms with Crippen LogP contribution in [0.5, 0.6) is 0 Å². The van der Waals surface area contributed by atoms with Gasteiger partial charge in [-0.25, -0.2) is 4.39 Å². The molecule has 0 aliphatic carbocycles. The predicted octanol–water partition coefficient (Wildman–Crippen LogP) is 2.15. The number of rotatable bonds is 6. The molecule has 3 N–H and O–H groups in total. The average Bonchev–Trinajstić information content (AvgIpc) is 2.60. The molecule has 0 radical (unpaired) electrons. The summed E-state index contributed by atoms with van der Waals surface area (Å²) in [4.78, 5) is 26.0. The maximum Gasteiger partial charge on any atom is 0.223 e. The second-order valence-electron chi connectivity index (χ2n) is 6.35. The number of nitrogens with zero attached hydrogens (tertiary/aromatic N) is 1. The van der Waals surface area contributed by atoms with Gasteiger partial charge >= 0.3 is 0 Å². The van der Waals surface area contributed by atoms with E-state index in [1.165, 1.54) is 6.07 Å². The highest BCUT2D eigenvalue weighted by molar-refractivity contribution is 5.85. The molecule has 0 bridgehead atoms. The van der Waals surface area contributed by atoms with Crippen molar-refractivity contribution in [3.63, 3.8) is 0 Å². The molecule has 0 aromatic heterocycles. The summed E-state index contributed by atoms with van der Waals surface area (Å²) in [6.45, 7) is 3.78. The highest BCUT2D eigenvalue weighted by Crippen LogP contribution is 2.18. The molecule has 25 heavy (non-hydrogen) atoms. The number of likely N-dealkylation sites (tertiary alicyclic amines) is 1. The van der Waals surface area contributed by atoms with Crippen molar-refractivity contribution in [3.8, 4) is 0 Å². The number of aryl methyl sites for hydroxylation is 1. The molecule has 1 aromatic rings. The smallest absolute Gasteiger partial charge is 0.223 e.